The molecule has 0 aliphatic carbocycles. The Hall–Kier alpha value is -1.75. The number of fused-ring (bicyclic) bond motifs is 1. The highest BCUT2D eigenvalue weighted by Gasteiger charge is 2.05. The van der Waals surface area contributed by atoms with E-state index in [1.54, 1.807) is 10.7 Å². The van der Waals surface area contributed by atoms with Crippen LogP contribution in [0.2, 0.25) is 0 Å². The zero-order chi connectivity index (χ0) is 11.0. The van der Waals surface area contributed by atoms with Crippen molar-refractivity contribution in [3.05, 3.63) is 47.3 Å². The van der Waals surface area contributed by atoms with Crippen LogP contribution in [0, 0.1) is 0 Å². The molecule has 0 amide bonds. The molecule has 0 N–H and O–H groups in total. The first-order valence-corrected chi connectivity index (χ1v) is 5.55. The summed E-state index contributed by atoms with van der Waals surface area (Å²) >= 11 is 3.34. The molecule has 0 bridgehead atoms. The highest BCUT2D eigenvalue weighted by molar-refractivity contribution is 9.10. The lowest BCUT2D eigenvalue weighted by Gasteiger charge is -1.94. The molecule has 4 nitrogen and oxygen atoms in total. The normalized spacial score (nSPS) is 10.8. The van der Waals surface area contributed by atoms with Gasteiger partial charge in [0.05, 0.1) is 11.9 Å². The van der Waals surface area contributed by atoms with Gasteiger partial charge in [0.1, 0.15) is 10.3 Å². The summed E-state index contributed by atoms with van der Waals surface area (Å²) in [5, 5.41) is 4.16. The van der Waals surface area contributed by atoms with E-state index in [0.717, 1.165) is 21.6 Å². The van der Waals surface area contributed by atoms with Crippen molar-refractivity contribution < 1.29 is 0 Å². The van der Waals surface area contributed by atoms with E-state index in [9.17, 15) is 0 Å². The van der Waals surface area contributed by atoms with Crippen LogP contribution in [-0.4, -0.2) is 19.6 Å². The van der Waals surface area contributed by atoms with Crippen LogP contribution in [-0.2, 0) is 0 Å². The summed E-state index contributed by atoms with van der Waals surface area (Å²) < 4.78 is 2.53. The fourth-order valence-electron chi connectivity index (χ4n) is 1.51. The van der Waals surface area contributed by atoms with Gasteiger partial charge in [0, 0.05) is 6.20 Å². The van der Waals surface area contributed by atoms with Gasteiger partial charge in [-0.05, 0) is 40.2 Å². The van der Waals surface area contributed by atoms with E-state index in [1.165, 1.54) is 0 Å². The van der Waals surface area contributed by atoms with Crippen LogP contribution in [0.15, 0.2) is 47.3 Å². The number of nitrogens with zero attached hydrogens (tertiary/aromatic N) is 4. The monoisotopic (exact) mass is 274 g/mol. The molecule has 3 heterocycles. The van der Waals surface area contributed by atoms with Crippen molar-refractivity contribution in [3.63, 3.8) is 0 Å². The van der Waals surface area contributed by atoms with Crippen molar-refractivity contribution in [2.24, 2.45) is 0 Å². The first-order chi connectivity index (χ1) is 7.83. The van der Waals surface area contributed by atoms with Gasteiger partial charge in [-0.25, -0.2) is 14.5 Å². The molecule has 0 aliphatic rings. The fourth-order valence-corrected chi connectivity index (χ4v) is 1.85. The van der Waals surface area contributed by atoms with Crippen molar-refractivity contribution >= 4 is 21.6 Å². The highest BCUT2D eigenvalue weighted by atomic mass is 79.9. The first kappa shape index (κ1) is 9.47. The summed E-state index contributed by atoms with van der Waals surface area (Å²) in [6, 6.07) is 9.52. The maximum absolute atomic E-state index is 4.44. The van der Waals surface area contributed by atoms with Crippen LogP contribution in [0.4, 0.5) is 0 Å². The molecule has 0 saturated carbocycles. The van der Waals surface area contributed by atoms with Gasteiger partial charge in [0.25, 0.3) is 0 Å². The molecule has 0 atom stereocenters. The van der Waals surface area contributed by atoms with E-state index in [4.69, 9.17) is 0 Å². The number of hydrogen-bond acceptors (Lipinski definition) is 3. The third-order valence-electron chi connectivity index (χ3n) is 2.21. The standard InChI is InChI=1S/C11H7BrN4/c12-10-4-1-3-8(14-10)9-7-16-11(15-9)5-2-6-13-16/h1-7H. The molecule has 0 fully saturated rings. The SMILES string of the molecule is Brc1cccc(-c2cn3ncccc3n2)n1. The largest absolute Gasteiger partial charge is 0.239 e. The minimum Gasteiger partial charge on any atom is -0.239 e. The second kappa shape index (κ2) is 3.68. The van der Waals surface area contributed by atoms with Gasteiger partial charge in [-0.2, -0.15) is 5.10 Å². The van der Waals surface area contributed by atoms with Crippen LogP contribution in [0.1, 0.15) is 0 Å². The zero-order valence-corrected chi connectivity index (χ0v) is 9.79. The van der Waals surface area contributed by atoms with E-state index < -0.39 is 0 Å². The quantitative estimate of drug-likeness (QED) is 0.641. The Bertz CT molecular complexity index is 614. The Morgan fingerprint density at radius 3 is 2.75 bits per heavy atom. The lowest BCUT2D eigenvalue weighted by atomic mass is 10.3. The van der Waals surface area contributed by atoms with Crippen molar-refractivity contribution in [3.8, 4) is 11.4 Å². The molecule has 3 aromatic rings. The molecule has 0 unspecified atom stereocenters. The molecule has 0 spiro atoms. The Morgan fingerprint density at radius 2 is 1.94 bits per heavy atom. The van der Waals surface area contributed by atoms with Gasteiger partial charge in [0.2, 0.25) is 0 Å². The van der Waals surface area contributed by atoms with Crippen LogP contribution < -0.4 is 0 Å². The maximum atomic E-state index is 4.44. The predicted molar refractivity (Wildman–Crippen MR) is 63.9 cm³/mol. The average Bonchev–Trinajstić information content (AvgIpc) is 2.72. The summed E-state index contributed by atoms with van der Waals surface area (Å²) in [5.41, 5.74) is 2.47. The van der Waals surface area contributed by atoms with E-state index >= 15 is 0 Å². The number of halogens is 1. The zero-order valence-electron chi connectivity index (χ0n) is 8.21. The molecule has 3 aromatic heterocycles. The summed E-state index contributed by atoms with van der Waals surface area (Å²) in [6.07, 6.45) is 3.59. The van der Waals surface area contributed by atoms with Crippen LogP contribution in [0.3, 0.4) is 0 Å². The molecule has 0 aliphatic heterocycles. The number of pyridine rings is 1. The minimum atomic E-state index is 0.801. The van der Waals surface area contributed by atoms with Gasteiger partial charge in [0.15, 0.2) is 5.65 Å². The summed E-state index contributed by atoms with van der Waals surface area (Å²) in [5.74, 6) is 0. The average molecular weight is 275 g/mol. The lowest BCUT2D eigenvalue weighted by molar-refractivity contribution is 0.936. The van der Waals surface area contributed by atoms with Gasteiger partial charge >= 0.3 is 0 Å². The lowest BCUT2D eigenvalue weighted by Crippen LogP contribution is -1.85. The Kier molecular flexibility index (Phi) is 2.18. The third-order valence-corrected chi connectivity index (χ3v) is 2.66. The summed E-state index contributed by atoms with van der Waals surface area (Å²) in [6.45, 7) is 0. The minimum absolute atomic E-state index is 0.801. The molecule has 0 aromatic carbocycles. The number of aromatic nitrogens is 4. The van der Waals surface area contributed by atoms with Gasteiger partial charge in [-0.1, -0.05) is 6.07 Å². The van der Waals surface area contributed by atoms with E-state index in [-0.39, 0.29) is 0 Å². The van der Waals surface area contributed by atoms with E-state index in [1.807, 2.05) is 36.5 Å². The molecule has 0 saturated heterocycles. The van der Waals surface area contributed by atoms with E-state index in [0.29, 0.717) is 0 Å². The van der Waals surface area contributed by atoms with E-state index in [2.05, 4.69) is 31.0 Å². The third kappa shape index (κ3) is 1.59. The number of imidazole rings is 1. The summed E-state index contributed by atoms with van der Waals surface area (Å²) in [7, 11) is 0. The van der Waals surface area contributed by atoms with Crippen molar-refractivity contribution in [1.29, 1.82) is 0 Å². The Balaban J connectivity index is 2.19. The van der Waals surface area contributed by atoms with Crippen molar-refractivity contribution in [2.45, 2.75) is 0 Å². The van der Waals surface area contributed by atoms with Gasteiger partial charge in [-0.15, -0.1) is 0 Å². The molecular formula is C11H7BrN4. The fraction of sp³-hybridized carbons (Fsp3) is 0. The molecule has 0 radical (unpaired) electrons. The maximum Gasteiger partial charge on any atom is 0.154 e. The first-order valence-electron chi connectivity index (χ1n) is 4.76. The predicted octanol–water partition coefficient (Wildman–Crippen LogP) is 2.55. The number of rotatable bonds is 1. The van der Waals surface area contributed by atoms with Gasteiger partial charge in [-0.3, -0.25) is 0 Å². The second-order valence-electron chi connectivity index (χ2n) is 3.30. The van der Waals surface area contributed by atoms with Crippen molar-refractivity contribution in [1.82, 2.24) is 19.6 Å². The topological polar surface area (TPSA) is 43.1 Å². The molecular weight excluding hydrogens is 268 g/mol. The molecule has 3 rings (SSSR count). The van der Waals surface area contributed by atoms with Crippen molar-refractivity contribution in [2.75, 3.05) is 0 Å². The van der Waals surface area contributed by atoms with Crippen LogP contribution in [0.5, 0.6) is 0 Å². The number of hydrogen-bond donors (Lipinski definition) is 0. The molecule has 5 heteroatoms. The van der Waals surface area contributed by atoms with Gasteiger partial charge < -0.3 is 0 Å². The molecule has 16 heavy (non-hydrogen) atoms. The Labute approximate surface area is 100 Å². The smallest absolute Gasteiger partial charge is 0.154 e. The van der Waals surface area contributed by atoms with Crippen LogP contribution in [0.25, 0.3) is 17.0 Å². The van der Waals surface area contributed by atoms with Crippen LogP contribution >= 0.6 is 15.9 Å². The highest BCUT2D eigenvalue weighted by Crippen LogP contribution is 2.18. The Morgan fingerprint density at radius 1 is 1.00 bits per heavy atom. The molecule has 78 valence electrons. The summed E-state index contributed by atoms with van der Waals surface area (Å²) in [4.78, 5) is 8.79. The second-order valence-corrected chi connectivity index (χ2v) is 4.11.